The van der Waals surface area contributed by atoms with Crippen LogP contribution in [-0.4, -0.2) is 44.3 Å². The SMILES string of the molecule is CCc1cc(Oc2cccc(C(=O)O)c2C(=O)O)ccc1C1(c2ccc(Oc3cccc(C(=O)O)c3C(=O)O)cc2CC)c2ccccc2-c2ccccc21. The Morgan fingerprint density at radius 3 is 1.24 bits per heavy atom. The number of carboxylic acid groups (broad SMARTS) is 4. The average molecular weight is 735 g/mol. The van der Waals surface area contributed by atoms with Crippen molar-refractivity contribution >= 4 is 23.9 Å². The maximum atomic E-state index is 12.2. The fraction of sp³-hybridized carbons (Fsp3) is 0.111. The molecular formula is C45H34O10. The first-order chi connectivity index (χ1) is 26.5. The van der Waals surface area contributed by atoms with Gasteiger partial charge in [0.15, 0.2) is 0 Å². The van der Waals surface area contributed by atoms with E-state index in [4.69, 9.17) is 9.47 Å². The van der Waals surface area contributed by atoms with E-state index in [2.05, 4.69) is 24.3 Å². The van der Waals surface area contributed by atoms with E-state index in [0.717, 1.165) is 44.5 Å². The highest BCUT2D eigenvalue weighted by atomic mass is 16.5. The Morgan fingerprint density at radius 1 is 0.473 bits per heavy atom. The molecule has 10 heteroatoms. The van der Waals surface area contributed by atoms with E-state index in [1.165, 1.54) is 36.4 Å². The molecule has 0 amide bonds. The van der Waals surface area contributed by atoms with Crippen molar-refractivity contribution < 1.29 is 49.1 Å². The third-order valence-electron chi connectivity index (χ3n) is 10.1. The number of carboxylic acids is 4. The average Bonchev–Trinajstić information content (AvgIpc) is 3.48. The molecule has 0 saturated carbocycles. The number of benzene rings is 6. The number of aryl methyl sites for hydroxylation is 2. The normalized spacial score (nSPS) is 12.3. The van der Waals surface area contributed by atoms with Crippen LogP contribution in [-0.2, 0) is 18.3 Å². The van der Waals surface area contributed by atoms with Gasteiger partial charge in [0.2, 0.25) is 0 Å². The highest BCUT2D eigenvalue weighted by Gasteiger charge is 2.48. The van der Waals surface area contributed by atoms with Crippen LogP contribution in [0.2, 0.25) is 0 Å². The van der Waals surface area contributed by atoms with Crippen LogP contribution in [0.15, 0.2) is 121 Å². The number of hydrogen-bond donors (Lipinski definition) is 4. The molecule has 1 aliphatic rings. The van der Waals surface area contributed by atoms with Gasteiger partial charge < -0.3 is 29.9 Å². The van der Waals surface area contributed by atoms with Crippen molar-refractivity contribution in [1.29, 1.82) is 0 Å². The molecule has 6 aromatic rings. The van der Waals surface area contributed by atoms with Crippen molar-refractivity contribution in [2.24, 2.45) is 0 Å². The lowest BCUT2D eigenvalue weighted by Gasteiger charge is -2.37. The van der Waals surface area contributed by atoms with Gasteiger partial charge in [0, 0.05) is 0 Å². The van der Waals surface area contributed by atoms with Gasteiger partial charge in [-0.05, 0) is 106 Å². The molecule has 6 aromatic carbocycles. The van der Waals surface area contributed by atoms with Crippen LogP contribution < -0.4 is 9.47 Å². The summed E-state index contributed by atoms with van der Waals surface area (Å²) in [6.07, 6.45) is 1.11. The topological polar surface area (TPSA) is 168 Å². The van der Waals surface area contributed by atoms with Crippen LogP contribution in [0.1, 0.15) is 88.7 Å². The standard InChI is InChI=1S/C45H34O10/c1-3-25-23-27(54-37-17-9-13-31(41(46)47)39(37)43(50)51)19-21-33(25)45(35-15-7-5-11-29(35)30-12-6-8-16-36(30)45)34-22-20-28(24-26(34)4-2)55-38-18-10-14-32(42(48)49)40(38)44(52)53/h5-24H,3-4H2,1-2H3,(H,46,47)(H,48,49)(H,50,51)(H,52,53). The zero-order chi connectivity index (χ0) is 39.0. The van der Waals surface area contributed by atoms with Crippen molar-refractivity contribution in [2.75, 3.05) is 0 Å². The van der Waals surface area contributed by atoms with Gasteiger partial charge in [0.25, 0.3) is 0 Å². The van der Waals surface area contributed by atoms with Gasteiger partial charge >= 0.3 is 23.9 Å². The lowest BCUT2D eigenvalue weighted by Crippen LogP contribution is -2.31. The monoisotopic (exact) mass is 734 g/mol. The molecule has 0 spiro atoms. The highest BCUT2D eigenvalue weighted by Crippen LogP contribution is 2.58. The number of rotatable bonds is 12. The molecular weight excluding hydrogens is 700 g/mol. The predicted octanol–water partition coefficient (Wildman–Crippen LogP) is 9.55. The first-order valence-corrected chi connectivity index (χ1v) is 17.5. The number of aromatic carboxylic acids is 4. The van der Waals surface area contributed by atoms with Crippen molar-refractivity contribution in [3.63, 3.8) is 0 Å². The summed E-state index contributed by atoms with van der Waals surface area (Å²) >= 11 is 0. The summed E-state index contributed by atoms with van der Waals surface area (Å²) in [5.74, 6) is -5.15. The second-order valence-electron chi connectivity index (χ2n) is 13.0. The molecule has 0 unspecified atom stereocenters. The first-order valence-electron chi connectivity index (χ1n) is 17.5. The van der Waals surface area contributed by atoms with E-state index in [9.17, 15) is 39.6 Å². The van der Waals surface area contributed by atoms with Gasteiger partial charge in [-0.1, -0.05) is 86.6 Å². The molecule has 55 heavy (non-hydrogen) atoms. The summed E-state index contributed by atoms with van der Waals surface area (Å²) in [5.41, 5.74) is 5.32. The van der Waals surface area contributed by atoms with Gasteiger partial charge in [-0.2, -0.15) is 0 Å². The van der Waals surface area contributed by atoms with Gasteiger partial charge in [-0.25, -0.2) is 19.2 Å². The molecule has 0 radical (unpaired) electrons. The lowest BCUT2D eigenvalue weighted by molar-refractivity contribution is 0.0649. The van der Waals surface area contributed by atoms with E-state index in [1.54, 1.807) is 12.1 Å². The van der Waals surface area contributed by atoms with Crippen LogP contribution >= 0.6 is 0 Å². The van der Waals surface area contributed by atoms with E-state index in [0.29, 0.717) is 24.3 Å². The van der Waals surface area contributed by atoms with E-state index >= 15 is 0 Å². The van der Waals surface area contributed by atoms with Gasteiger partial charge in [0.05, 0.1) is 16.5 Å². The van der Waals surface area contributed by atoms with Crippen LogP contribution in [0.5, 0.6) is 23.0 Å². The largest absolute Gasteiger partial charge is 0.478 e. The second kappa shape index (κ2) is 14.3. The number of ether oxygens (including phenoxy) is 2. The quantitative estimate of drug-likeness (QED) is 0.0949. The molecule has 1 aliphatic carbocycles. The maximum absolute atomic E-state index is 12.2. The molecule has 10 nitrogen and oxygen atoms in total. The van der Waals surface area contributed by atoms with E-state index < -0.39 is 40.4 Å². The molecule has 0 aromatic heterocycles. The zero-order valence-electron chi connectivity index (χ0n) is 29.7. The summed E-state index contributed by atoms with van der Waals surface area (Å²) in [7, 11) is 0. The van der Waals surface area contributed by atoms with Crippen molar-refractivity contribution in [3.05, 3.63) is 177 Å². The second-order valence-corrected chi connectivity index (χ2v) is 13.0. The first kappa shape index (κ1) is 36.2. The Kier molecular flexibility index (Phi) is 9.42. The lowest BCUT2D eigenvalue weighted by atomic mass is 9.64. The minimum Gasteiger partial charge on any atom is -0.478 e. The van der Waals surface area contributed by atoms with Crippen molar-refractivity contribution in [2.45, 2.75) is 32.1 Å². The van der Waals surface area contributed by atoms with Crippen LogP contribution in [0.3, 0.4) is 0 Å². The zero-order valence-corrected chi connectivity index (χ0v) is 29.7. The third-order valence-corrected chi connectivity index (χ3v) is 10.1. The fourth-order valence-electron chi connectivity index (χ4n) is 7.83. The van der Waals surface area contributed by atoms with Gasteiger partial charge in [-0.15, -0.1) is 0 Å². The molecule has 0 heterocycles. The molecule has 274 valence electrons. The molecule has 0 fully saturated rings. The molecule has 7 rings (SSSR count). The summed E-state index contributed by atoms with van der Waals surface area (Å²) in [6, 6.07) is 35.7. The molecule has 0 bridgehead atoms. The fourth-order valence-corrected chi connectivity index (χ4v) is 7.83. The summed E-state index contributed by atoms with van der Waals surface area (Å²) in [4.78, 5) is 48.1. The highest BCUT2D eigenvalue weighted by molar-refractivity contribution is 6.04. The Labute approximate surface area is 315 Å². The smallest absolute Gasteiger partial charge is 0.340 e. The van der Waals surface area contributed by atoms with E-state index in [-0.39, 0.29) is 22.6 Å². The predicted molar refractivity (Wildman–Crippen MR) is 203 cm³/mol. The van der Waals surface area contributed by atoms with Crippen molar-refractivity contribution in [1.82, 2.24) is 0 Å². The number of fused-ring (bicyclic) bond motifs is 3. The van der Waals surface area contributed by atoms with Gasteiger partial charge in [0.1, 0.15) is 34.1 Å². The van der Waals surface area contributed by atoms with Gasteiger partial charge in [-0.3, -0.25) is 0 Å². The molecule has 0 saturated heterocycles. The number of hydrogen-bond acceptors (Lipinski definition) is 6. The summed E-state index contributed by atoms with van der Waals surface area (Å²) in [5, 5.41) is 39.2. The van der Waals surface area contributed by atoms with Crippen LogP contribution in [0.4, 0.5) is 0 Å². The minimum atomic E-state index is -1.42. The van der Waals surface area contributed by atoms with Crippen LogP contribution in [0, 0.1) is 0 Å². The molecule has 0 atom stereocenters. The number of carbonyl (C=O) groups is 4. The third kappa shape index (κ3) is 6.03. The Morgan fingerprint density at radius 2 is 0.873 bits per heavy atom. The maximum Gasteiger partial charge on any atom is 0.340 e. The minimum absolute atomic E-state index is 0.0997. The summed E-state index contributed by atoms with van der Waals surface area (Å²) in [6.45, 7) is 4.03. The summed E-state index contributed by atoms with van der Waals surface area (Å²) < 4.78 is 12.3. The molecule has 0 aliphatic heterocycles. The van der Waals surface area contributed by atoms with Crippen molar-refractivity contribution in [3.8, 4) is 34.1 Å². The van der Waals surface area contributed by atoms with Crippen LogP contribution in [0.25, 0.3) is 11.1 Å². The Balaban J connectivity index is 1.43. The Hall–Kier alpha value is -7.20. The molecule has 4 N–H and O–H groups in total. The Bertz CT molecular complexity index is 2370. The van der Waals surface area contributed by atoms with E-state index in [1.807, 2.05) is 62.4 Å².